The highest BCUT2D eigenvalue weighted by Crippen LogP contribution is 2.25. The topological polar surface area (TPSA) is 108 Å². The van der Waals surface area contributed by atoms with Crippen LogP contribution in [0.2, 0.25) is 0 Å². The summed E-state index contributed by atoms with van der Waals surface area (Å²) in [4.78, 5) is 38.1. The summed E-state index contributed by atoms with van der Waals surface area (Å²) in [5, 5.41) is 10.5. The molecule has 0 saturated carbocycles. The Morgan fingerprint density at radius 3 is 1.44 bits per heavy atom. The molecule has 0 aromatic heterocycles. The van der Waals surface area contributed by atoms with E-state index >= 15 is 0 Å². The van der Waals surface area contributed by atoms with E-state index in [4.69, 9.17) is 18.9 Å². The van der Waals surface area contributed by atoms with E-state index in [2.05, 4.69) is 0 Å². The Labute approximate surface area is 195 Å². The number of rotatable bonds is 6. The van der Waals surface area contributed by atoms with Gasteiger partial charge in [0.1, 0.15) is 0 Å². The number of hydrogen-bond acceptors (Lipinski definition) is 8. The first-order valence-electron chi connectivity index (χ1n) is 10.6. The minimum atomic E-state index is -1.60. The van der Waals surface area contributed by atoms with Crippen LogP contribution >= 0.6 is 0 Å². The number of carbonyl (C=O) groups is 3. The quantitative estimate of drug-likeness (QED) is 0.440. The molecule has 1 aliphatic heterocycles. The average Bonchev–Trinajstić information content (AvgIpc) is 2.89. The van der Waals surface area contributed by atoms with E-state index in [1.165, 1.54) is 12.1 Å². The van der Waals surface area contributed by atoms with Gasteiger partial charge >= 0.3 is 17.9 Å². The van der Waals surface area contributed by atoms with E-state index in [-0.39, 0.29) is 23.3 Å². The van der Waals surface area contributed by atoms with Gasteiger partial charge in [-0.25, -0.2) is 14.4 Å². The lowest BCUT2D eigenvalue weighted by atomic mass is 10.0. The van der Waals surface area contributed by atoms with E-state index in [0.29, 0.717) is 0 Å². The number of carbonyl (C=O) groups excluding carboxylic acids is 3. The molecule has 3 aromatic carbocycles. The first-order valence-corrected chi connectivity index (χ1v) is 10.6. The number of esters is 3. The molecule has 174 valence electrons. The molecule has 0 spiro atoms. The molecule has 1 saturated heterocycles. The van der Waals surface area contributed by atoms with Gasteiger partial charge in [0.15, 0.2) is 24.6 Å². The highest BCUT2D eigenvalue weighted by atomic mass is 16.7. The maximum atomic E-state index is 12.8. The predicted molar refractivity (Wildman–Crippen MR) is 119 cm³/mol. The first-order chi connectivity index (χ1) is 16.5. The van der Waals surface area contributed by atoms with Crippen LogP contribution in [0.5, 0.6) is 0 Å². The van der Waals surface area contributed by atoms with Crippen molar-refractivity contribution in [2.45, 2.75) is 24.6 Å². The van der Waals surface area contributed by atoms with Crippen LogP contribution in [-0.4, -0.2) is 54.2 Å². The number of aliphatic hydroxyl groups excluding tert-OH is 1. The largest absolute Gasteiger partial charge is 0.452 e. The fourth-order valence-corrected chi connectivity index (χ4v) is 3.44. The maximum absolute atomic E-state index is 12.8. The molecule has 8 heteroatoms. The first kappa shape index (κ1) is 23.2. The Bertz CT molecular complexity index is 1120. The van der Waals surface area contributed by atoms with Crippen molar-refractivity contribution in [3.63, 3.8) is 0 Å². The fourth-order valence-electron chi connectivity index (χ4n) is 3.44. The molecule has 34 heavy (non-hydrogen) atoms. The van der Waals surface area contributed by atoms with Gasteiger partial charge in [-0.1, -0.05) is 54.6 Å². The van der Waals surface area contributed by atoms with E-state index in [9.17, 15) is 19.5 Å². The van der Waals surface area contributed by atoms with Crippen LogP contribution in [0.25, 0.3) is 0 Å². The summed E-state index contributed by atoms with van der Waals surface area (Å²) in [6.45, 7) is -0.272. The fraction of sp³-hybridized carbons (Fsp3) is 0.192. The van der Waals surface area contributed by atoms with Gasteiger partial charge in [0.25, 0.3) is 0 Å². The molecule has 4 atom stereocenters. The standard InChI is InChI=1S/C26H22O8/c27-23(17-10-4-1-5-11-17)32-20-16-31-26(30)22(34-25(29)19-14-8-3-9-15-19)21(20)33-24(28)18-12-6-2-7-13-18/h1-15,20-22,26,30H,16H2/t20-,21?,22-,26+/m0/s1. The molecular formula is C26H22O8. The molecule has 0 bridgehead atoms. The second-order valence-electron chi connectivity index (χ2n) is 7.51. The van der Waals surface area contributed by atoms with Gasteiger partial charge in [-0.2, -0.15) is 0 Å². The van der Waals surface area contributed by atoms with E-state index in [1.54, 1.807) is 78.9 Å². The number of benzene rings is 3. The van der Waals surface area contributed by atoms with Crippen molar-refractivity contribution in [1.29, 1.82) is 0 Å². The van der Waals surface area contributed by atoms with Crippen molar-refractivity contribution >= 4 is 17.9 Å². The highest BCUT2D eigenvalue weighted by Gasteiger charge is 2.47. The van der Waals surface area contributed by atoms with Crippen molar-refractivity contribution in [2.75, 3.05) is 6.61 Å². The van der Waals surface area contributed by atoms with Crippen molar-refractivity contribution < 1.29 is 38.4 Å². The summed E-state index contributed by atoms with van der Waals surface area (Å²) in [6.07, 6.45) is -5.51. The molecule has 1 fully saturated rings. The Balaban J connectivity index is 1.59. The SMILES string of the molecule is O=C(OC1[C@@H](OC(=O)c2ccccc2)CO[C@@H](O)[C@H]1OC(=O)c1ccccc1)c1ccccc1. The normalized spacial score (nSPS) is 21.8. The van der Waals surface area contributed by atoms with Crippen LogP contribution in [0.4, 0.5) is 0 Å². The smallest absolute Gasteiger partial charge is 0.338 e. The summed E-state index contributed by atoms with van der Waals surface area (Å²) in [7, 11) is 0. The number of hydrogen-bond donors (Lipinski definition) is 1. The summed E-state index contributed by atoms with van der Waals surface area (Å²) < 4.78 is 21.9. The molecule has 8 nitrogen and oxygen atoms in total. The number of ether oxygens (including phenoxy) is 4. The summed E-state index contributed by atoms with van der Waals surface area (Å²) >= 11 is 0. The zero-order valence-electron chi connectivity index (χ0n) is 18.0. The lowest BCUT2D eigenvalue weighted by Gasteiger charge is -2.38. The molecule has 3 aromatic rings. The second-order valence-corrected chi connectivity index (χ2v) is 7.51. The zero-order chi connectivity index (χ0) is 23.9. The van der Waals surface area contributed by atoms with Gasteiger partial charge in [-0.05, 0) is 36.4 Å². The van der Waals surface area contributed by atoms with E-state index < -0.39 is 42.5 Å². The van der Waals surface area contributed by atoms with E-state index in [1.807, 2.05) is 0 Å². The van der Waals surface area contributed by atoms with Crippen LogP contribution in [0, 0.1) is 0 Å². The molecule has 1 unspecified atom stereocenters. The van der Waals surface area contributed by atoms with Crippen LogP contribution in [0.15, 0.2) is 91.0 Å². The van der Waals surface area contributed by atoms with Crippen molar-refractivity contribution in [3.05, 3.63) is 108 Å². The minimum absolute atomic E-state index is 0.228. The third-order valence-corrected chi connectivity index (χ3v) is 5.18. The Morgan fingerprint density at radius 1 is 0.618 bits per heavy atom. The van der Waals surface area contributed by atoms with Gasteiger partial charge < -0.3 is 24.1 Å². The van der Waals surface area contributed by atoms with Gasteiger partial charge in [-0.15, -0.1) is 0 Å². The molecule has 0 aliphatic carbocycles. The highest BCUT2D eigenvalue weighted by molar-refractivity contribution is 5.91. The number of aliphatic hydroxyl groups is 1. The third-order valence-electron chi connectivity index (χ3n) is 5.18. The lowest BCUT2D eigenvalue weighted by molar-refractivity contribution is -0.251. The zero-order valence-corrected chi connectivity index (χ0v) is 18.0. The average molecular weight is 462 g/mol. The van der Waals surface area contributed by atoms with Gasteiger partial charge in [-0.3, -0.25) is 0 Å². The minimum Gasteiger partial charge on any atom is -0.452 e. The summed E-state index contributed by atoms with van der Waals surface area (Å²) in [6, 6.07) is 24.5. The summed E-state index contributed by atoms with van der Waals surface area (Å²) in [5.41, 5.74) is 0.746. The van der Waals surface area contributed by atoms with Crippen molar-refractivity contribution in [3.8, 4) is 0 Å². The Kier molecular flexibility index (Phi) is 7.31. The monoisotopic (exact) mass is 462 g/mol. The second kappa shape index (κ2) is 10.7. The molecule has 1 aliphatic rings. The molecular weight excluding hydrogens is 440 g/mol. The van der Waals surface area contributed by atoms with Crippen molar-refractivity contribution in [2.24, 2.45) is 0 Å². The molecule has 1 N–H and O–H groups in total. The third kappa shape index (κ3) is 5.48. The molecule has 1 heterocycles. The molecule has 0 amide bonds. The van der Waals surface area contributed by atoms with Gasteiger partial charge in [0.05, 0.1) is 23.3 Å². The Morgan fingerprint density at radius 2 is 1.00 bits per heavy atom. The summed E-state index contributed by atoms with van der Waals surface area (Å²) in [5.74, 6) is -2.18. The maximum Gasteiger partial charge on any atom is 0.338 e. The van der Waals surface area contributed by atoms with Gasteiger partial charge in [0, 0.05) is 0 Å². The van der Waals surface area contributed by atoms with Crippen LogP contribution in [-0.2, 0) is 18.9 Å². The van der Waals surface area contributed by atoms with Crippen LogP contribution in [0.1, 0.15) is 31.1 Å². The van der Waals surface area contributed by atoms with Crippen LogP contribution in [0.3, 0.4) is 0 Å². The predicted octanol–water partition coefficient (Wildman–Crippen LogP) is 3.01. The molecule has 4 rings (SSSR count). The lowest BCUT2D eigenvalue weighted by Crippen LogP contribution is -2.57. The van der Waals surface area contributed by atoms with Crippen molar-refractivity contribution in [1.82, 2.24) is 0 Å². The molecule has 0 radical (unpaired) electrons. The van der Waals surface area contributed by atoms with Gasteiger partial charge in [0.2, 0.25) is 0 Å². The van der Waals surface area contributed by atoms with Crippen LogP contribution < -0.4 is 0 Å². The van der Waals surface area contributed by atoms with E-state index in [0.717, 1.165) is 0 Å². The Hall–Kier alpha value is -4.01.